The normalized spacial score (nSPS) is 11.0. The van der Waals surface area contributed by atoms with Crippen LogP contribution in [0.2, 0.25) is 0 Å². The highest BCUT2D eigenvalue weighted by Crippen LogP contribution is 2.13. The molecule has 1 heterocycles. The zero-order chi connectivity index (χ0) is 27.0. The molecule has 3 rings (SSSR count). The van der Waals surface area contributed by atoms with E-state index in [-0.39, 0.29) is 33.8 Å². The number of amides is 2. The average molecular weight is 530 g/mol. The van der Waals surface area contributed by atoms with Crippen molar-refractivity contribution in [1.29, 1.82) is 0 Å². The number of carbonyl (C=O) groups is 3. The van der Waals surface area contributed by atoms with E-state index in [1.165, 1.54) is 48.5 Å². The summed E-state index contributed by atoms with van der Waals surface area (Å²) in [6.07, 6.45) is 0.183. The van der Waals surface area contributed by atoms with Gasteiger partial charge in [-0.15, -0.1) is 0 Å². The van der Waals surface area contributed by atoms with Crippen molar-refractivity contribution in [2.24, 2.45) is 0 Å². The van der Waals surface area contributed by atoms with Crippen LogP contribution in [0.5, 0.6) is 5.88 Å². The van der Waals surface area contributed by atoms with Crippen LogP contribution >= 0.6 is 0 Å². The summed E-state index contributed by atoms with van der Waals surface area (Å²) >= 11 is 0. The third-order valence-electron chi connectivity index (χ3n) is 4.78. The monoisotopic (exact) mass is 529 g/mol. The third kappa shape index (κ3) is 8.10. The minimum Gasteiger partial charge on any atom is -0.431 e. The van der Waals surface area contributed by atoms with Gasteiger partial charge in [0, 0.05) is 24.4 Å². The molecule has 2 N–H and O–H groups in total. The summed E-state index contributed by atoms with van der Waals surface area (Å²) in [5.74, 6) is -1.84. The topological polar surface area (TPSA) is 141 Å². The van der Waals surface area contributed by atoms with E-state index in [0.717, 1.165) is 11.8 Å². The molecule has 0 spiro atoms. The first-order valence-electron chi connectivity index (χ1n) is 11.1. The second kappa shape index (κ2) is 12.1. The molecular weight excluding hydrogens is 505 g/mol. The molecule has 0 aliphatic carbocycles. The lowest BCUT2D eigenvalue weighted by molar-refractivity contribution is 0.0715. The summed E-state index contributed by atoms with van der Waals surface area (Å²) in [6, 6.07) is 13.4. The number of sulfonamides is 1. The number of nitrogens with zero attached hydrogens (tertiary/aromatic N) is 1. The van der Waals surface area contributed by atoms with Crippen molar-refractivity contribution in [3.05, 3.63) is 89.4 Å². The van der Waals surface area contributed by atoms with E-state index < -0.39 is 28.0 Å². The SMILES string of the molecule is CC(C)OC(=O)Oc1ccc(C(=O)NS(=O)(=O)c2ccc(C(=O)NCCc3ccc(F)cc3)cc2)cn1. The summed E-state index contributed by atoms with van der Waals surface area (Å²) in [4.78, 5) is 39.8. The quantitative estimate of drug-likeness (QED) is 0.403. The number of hydrogen-bond donors (Lipinski definition) is 2. The molecule has 0 radical (unpaired) electrons. The maximum atomic E-state index is 13.0. The number of benzene rings is 2. The summed E-state index contributed by atoms with van der Waals surface area (Å²) in [6.45, 7) is 3.59. The van der Waals surface area contributed by atoms with Crippen LogP contribution < -0.4 is 14.8 Å². The number of rotatable bonds is 9. The van der Waals surface area contributed by atoms with Crippen LogP contribution in [-0.4, -0.2) is 44.0 Å². The standard InChI is InChI=1S/C25H24FN3O7S/c1-16(2)35-25(32)36-22-12-7-19(15-28-22)24(31)29-37(33,34)21-10-5-18(6-11-21)23(30)27-14-13-17-3-8-20(26)9-4-17/h3-12,15-16H,13-14H2,1-2H3,(H,27,30)(H,29,31). The molecule has 0 unspecified atom stereocenters. The van der Waals surface area contributed by atoms with E-state index in [2.05, 4.69) is 10.3 Å². The minimum atomic E-state index is -4.24. The first-order chi connectivity index (χ1) is 17.5. The zero-order valence-corrected chi connectivity index (χ0v) is 20.8. The Morgan fingerprint density at radius 3 is 2.16 bits per heavy atom. The summed E-state index contributed by atoms with van der Waals surface area (Å²) < 4.78 is 49.7. The lowest BCUT2D eigenvalue weighted by atomic mass is 10.1. The Balaban J connectivity index is 1.55. The molecule has 3 aromatic rings. The number of aromatic nitrogens is 1. The maximum absolute atomic E-state index is 13.0. The molecule has 0 saturated carbocycles. The van der Waals surface area contributed by atoms with Crippen molar-refractivity contribution >= 4 is 28.0 Å². The molecule has 194 valence electrons. The molecule has 0 atom stereocenters. The molecule has 0 fully saturated rings. The van der Waals surface area contributed by atoms with Crippen molar-refractivity contribution in [3.63, 3.8) is 0 Å². The van der Waals surface area contributed by atoms with Crippen LogP contribution in [0.25, 0.3) is 0 Å². The van der Waals surface area contributed by atoms with Gasteiger partial charge in [0.1, 0.15) is 5.82 Å². The van der Waals surface area contributed by atoms with Crippen LogP contribution in [0.4, 0.5) is 9.18 Å². The Labute approximate surface area is 212 Å². The largest absolute Gasteiger partial charge is 0.515 e. The lowest BCUT2D eigenvalue weighted by Gasteiger charge is -2.09. The van der Waals surface area contributed by atoms with Crippen molar-refractivity contribution in [1.82, 2.24) is 15.0 Å². The summed E-state index contributed by atoms with van der Waals surface area (Å²) in [7, 11) is -4.24. The molecule has 1 aromatic heterocycles. The molecule has 0 saturated heterocycles. The molecule has 2 aromatic carbocycles. The Morgan fingerprint density at radius 2 is 1.57 bits per heavy atom. The van der Waals surface area contributed by atoms with Crippen LogP contribution in [0.1, 0.15) is 40.1 Å². The highest BCUT2D eigenvalue weighted by atomic mass is 32.2. The Hall–Kier alpha value is -4.32. The van der Waals surface area contributed by atoms with Crippen molar-refractivity contribution in [2.45, 2.75) is 31.3 Å². The maximum Gasteiger partial charge on any atom is 0.515 e. The van der Waals surface area contributed by atoms with Crippen LogP contribution in [0.3, 0.4) is 0 Å². The summed E-state index contributed by atoms with van der Waals surface area (Å²) in [5, 5.41) is 2.70. The van der Waals surface area contributed by atoms with E-state index in [9.17, 15) is 27.2 Å². The Bertz CT molecular complexity index is 1360. The number of ether oxygens (including phenoxy) is 2. The highest BCUT2D eigenvalue weighted by molar-refractivity contribution is 7.90. The average Bonchev–Trinajstić information content (AvgIpc) is 2.85. The summed E-state index contributed by atoms with van der Waals surface area (Å²) in [5.41, 5.74) is 0.982. The van der Waals surface area contributed by atoms with E-state index >= 15 is 0 Å². The number of carbonyl (C=O) groups excluding carboxylic acids is 3. The second-order valence-corrected chi connectivity index (χ2v) is 9.68. The van der Waals surface area contributed by atoms with Crippen LogP contribution in [-0.2, 0) is 21.2 Å². The fraction of sp³-hybridized carbons (Fsp3) is 0.200. The third-order valence-corrected chi connectivity index (χ3v) is 6.13. The molecule has 2 amide bonds. The highest BCUT2D eigenvalue weighted by Gasteiger charge is 2.20. The van der Waals surface area contributed by atoms with Crippen molar-refractivity contribution < 1.29 is 36.7 Å². The van der Waals surface area contributed by atoms with E-state index in [0.29, 0.717) is 13.0 Å². The lowest BCUT2D eigenvalue weighted by Crippen LogP contribution is -2.31. The van der Waals surface area contributed by atoms with Gasteiger partial charge < -0.3 is 14.8 Å². The van der Waals surface area contributed by atoms with Gasteiger partial charge in [0.2, 0.25) is 5.88 Å². The molecule has 10 nitrogen and oxygen atoms in total. The fourth-order valence-corrected chi connectivity index (χ4v) is 3.95. The van der Waals surface area contributed by atoms with Gasteiger partial charge in [-0.3, -0.25) is 9.59 Å². The van der Waals surface area contributed by atoms with Gasteiger partial charge in [-0.25, -0.2) is 27.3 Å². The number of pyridine rings is 1. The van der Waals surface area contributed by atoms with Crippen LogP contribution in [0, 0.1) is 5.82 Å². The number of hydrogen-bond acceptors (Lipinski definition) is 8. The van der Waals surface area contributed by atoms with Gasteiger partial charge >= 0.3 is 6.16 Å². The van der Waals surface area contributed by atoms with Gasteiger partial charge in [-0.2, -0.15) is 0 Å². The molecule has 12 heteroatoms. The van der Waals surface area contributed by atoms with Gasteiger partial charge in [0.05, 0.1) is 16.6 Å². The zero-order valence-electron chi connectivity index (χ0n) is 19.9. The first kappa shape index (κ1) is 27.3. The molecule has 0 aliphatic rings. The minimum absolute atomic E-state index is 0.0923. The second-order valence-electron chi connectivity index (χ2n) is 8.00. The van der Waals surface area contributed by atoms with E-state index in [1.54, 1.807) is 26.0 Å². The smallest absolute Gasteiger partial charge is 0.431 e. The first-order valence-corrected chi connectivity index (χ1v) is 12.6. The predicted molar refractivity (Wildman–Crippen MR) is 130 cm³/mol. The van der Waals surface area contributed by atoms with Crippen molar-refractivity contribution in [3.8, 4) is 5.88 Å². The molecule has 0 aliphatic heterocycles. The van der Waals surface area contributed by atoms with Crippen molar-refractivity contribution in [2.75, 3.05) is 6.54 Å². The van der Waals surface area contributed by atoms with Gasteiger partial charge in [0.15, 0.2) is 0 Å². The van der Waals surface area contributed by atoms with Crippen LogP contribution in [0.15, 0.2) is 71.8 Å². The molecule has 0 bridgehead atoms. The number of halogens is 1. The molecule has 37 heavy (non-hydrogen) atoms. The Morgan fingerprint density at radius 1 is 0.919 bits per heavy atom. The van der Waals surface area contributed by atoms with Gasteiger partial charge in [-0.05, 0) is 68.3 Å². The fourth-order valence-electron chi connectivity index (χ4n) is 2.98. The van der Waals surface area contributed by atoms with Gasteiger partial charge in [-0.1, -0.05) is 12.1 Å². The van der Waals surface area contributed by atoms with Gasteiger partial charge in [0.25, 0.3) is 21.8 Å². The molecular formula is C25H24FN3O7S. The van der Waals surface area contributed by atoms with E-state index in [1.807, 2.05) is 4.72 Å². The van der Waals surface area contributed by atoms with E-state index in [4.69, 9.17) is 9.47 Å². The predicted octanol–water partition coefficient (Wildman–Crippen LogP) is 3.24. The number of nitrogens with one attached hydrogen (secondary N) is 2. The Kier molecular flexibility index (Phi) is 8.90.